The first-order chi connectivity index (χ1) is 70.2. The van der Waals surface area contributed by atoms with Crippen LogP contribution < -0.4 is 9.47 Å². The van der Waals surface area contributed by atoms with Crippen molar-refractivity contribution in [3.05, 3.63) is 464 Å². The van der Waals surface area contributed by atoms with Gasteiger partial charge in [0.2, 0.25) is 0 Å². The van der Waals surface area contributed by atoms with Crippen molar-refractivity contribution < 1.29 is 9.47 Å². The number of pyridine rings is 7. The van der Waals surface area contributed by atoms with Gasteiger partial charge in [0.15, 0.2) is 51.9 Å². The van der Waals surface area contributed by atoms with Crippen molar-refractivity contribution in [3.63, 3.8) is 0 Å². The quantitative estimate of drug-likeness (QED) is 0.0921. The Labute approximate surface area is 828 Å². The molecule has 27 rings (SSSR count). The largest absolute Gasteiger partial charge is 0.457 e. The van der Waals surface area contributed by atoms with E-state index in [2.05, 4.69) is 244 Å². The molecule has 25 aromatic rings. The smallest absolute Gasteiger partial charge is 0.255 e. The number of nitrogens with zero attached hydrogens (tertiary/aromatic N) is 25. The van der Waals surface area contributed by atoms with Gasteiger partial charge in [-0.05, 0) is 222 Å². The maximum atomic E-state index is 6.10. The van der Waals surface area contributed by atoms with E-state index in [4.69, 9.17) is 9.47 Å². The fraction of sp³-hybridized carbons (Fsp3) is 0.0177. The Morgan fingerprint density at radius 3 is 1.01 bits per heavy atom. The van der Waals surface area contributed by atoms with Crippen molar-refractivity contribution in [1.82, 2.24) is 122 Å². The third-order valence-corrected chi connectivity index (χ3v) is 24.5. The number of rotatable bonds is 15. The highest BCUT2D eigenvalue weighted by molar-refractivity contribution is 9.10. The van der Waals surface area contributed by atoms with Gasteiger partial charge in [0.25, 0.3) is 17.3 Å². The van der Waals surface area contributed by atoms with Gasteiger partial charge in [-0.3, -0.25) is 46.3 Å². The molecule has 142 heavy (non-hydrogen) atoms. The number of aromatic nitrogens is 25. The lowest BCUT2D eigenvalue weighted by Crippen LogP contribution is -1.95. The van der Waals surface area contributed by atoms with E-state index in [-0.39, 0.29) is 0 Å². The lowest BCUT2D eigenvalue weighted by Gasteiger charge is -2.11. The minimum Gasteiger partial charge on any atom is -0.457 e. The Bertz CT molecular complexity index is 8630. The molecule has 0 unspecified atom stereocenters. The van der Waals surface area contributed by atoms with Gasteiger partial charge in [-0.15, -0.1) is 61.2 Å². The van der Waals surface area contributed by atoms with Gasteiger partial charge in [0, 0.05) is 170 Å². The molecule has 680 valence electrons. The molecule has 9 aromatic carbocycles. The van der Waals surface area contributed by atoms with E-state index in [9.17, 15) is 0 Å². The molecule has 0 spiro atoms. The summed E-state index contributed by atoms with van der Waals surface area (Å²) in [6.07, 6.45) is 42.5. The molecule has 16 aromatic heterocycles. The van der Waals surface area contributed by atoms with Crippen LogP contribution in [-0.4, -0.2) is 122 Å². The zero-order valence-corrected chi connectivity index (χ0v) is 78.5. The lowest BCUT2D eigenvalue weighted by atomic mass is 9.99. The summed E-state index contributed by atoms with van der Waals surface area (Å²) >= 11 is 6.93. The van der Waals surface area contributed by atoms with Gasteiger partial charge in [-0.25, -0.2) is 15.0 Å². The second-order valence-electron chi connectivity index (χ2n) is 32.6. The number of hydrogen-bond donors (Lipinski definition) is 0. The van der Waals surface area contributed by atoms with Gasteiger partial charge in [-0.2, -0.15) is 0 Å². The first-order valence-corrected chi connectivity index (χ1v) is 46.8. The zero-order chi connectivity index (χ0) is 95.3. The second kappa shape index (κ2) is 41.0. The lowest BCUT2D eigenvalue weighted by molar-refractivity contribution is 0.483. The highest BCUT2D eigenvalue weighted by Crippen LogP contribution is 2.38. The fourth-order valence-corrected chi connectivity index (χ4v) is 17.3. The van der Waals surface area contributed by atoms with E-state index in [1.54, 1.807) is 49.6 Å². The summed E-state index contributed by atoms with van der Waals surface area (Å²) in [7, 11) is 0. The van der Waals surface area contributed by atoms with Crippen molar-refractivity contribution in [3.8, 4) is 147 Å². The number of allylic oxidation sites excluding steroid dienone is 2. The predicted molar refractivity (Wildman–Crippen MR) is 556 cm³/mol. The van der Waals surface area contributed by atoms with Gasteiger partial charge in [0.1, 0.15) is 23.0 Å². The van der Waals surface area contributed by atoms with E-state index >= 15 is 0 Å². The third kappa shape index (κ3) is 19.4. The van der Waals surface area contributed by atoms with Crippen molar-refractivity contribution in [2.24, 2.45) is 0 Å². The maximum Gasteiger partial charge on any atom is 0.255 e. The van der Waals surface area contributed by atoms with Crippen molar-refractivity contribution in [2.75, 3.05) is 0 Å². The van der Waals surface area contributed by atoms with Crippen LogP contribution in [0.1, 0.15) is 22.3 Å². The third-order valence-electron chi connectivity index (χ3n) is 23.5. The highest BCUT2D eigenvalue weighted by Gasteiger charge is 2.21. The minimum atomic E-state index is 0.539. The van der Waals surface area contributed by atoms with Crippen LogP contribution >= 0.6 is 31.9 Å². The Hall–Kier alpha value is -18.9. The summed E-state index contributed by atoms with van der Waals surface area (Å²) in [6, 6.07) is 104. The molecule has 0 aliphatic heterocycles. The van der Waals surface area contributed by atoms with Crippen LogP contribution in [0.3, 0.4) is 0 Å². The zero-order valence-electron chi connectivity index (χ0n) is 75.3. The van der Waals surface area contributed by atoms with E-state index < -0.39 is 0 Å². The molecule has 0 bridgehead atoms. The molecule has 0 fully saturated rings. The first-order valence-electron chi connectivity index (χ1n) is 45.2. The molecule has 0 saturated heterocycles. The van der Waals surface area contributed by atoms with Crippen LogP contribution in [0.4, 0.5) is 0 Å². The van der Waals surface area contributed by atoms with Crippen molar-refractivity contribution in [1.29, 1.82) is 0 Å². The van der Waals surface area contributed by atoms with E-state index in [1.807, 2.05) is 306 Å². The summed E-state index contributed by atoms with van der Waals surface area (Å²) in [4.78, 5) is 29.8. The normalized spacial score (nSPS) is 11.5. The number of ether oxygens (including phenoxy) is 2. The van der Waals surface area contributed by atoms with Crippen LogP contribution in [0.5, 0.6) is 23.0 Å². The molecular weight excluding hydrogens is 1900 g/mol. The Balaban J connectivity index is 0.0000000983. The SMILES string of the molecule is Brc1ccc2nnc(-c3ccc(-c4cccnc4)cc3)n2c1.Brc1ccc2nnc(-c3ccccc3)n2c1.C1=Cc2c(cccc2-c2cnc3nnc(-c4ccccc4)n3c2)C1.C1=Cc2c(cccc2-c2cnc3nnc(-c4ccncc4)n3c2)C1.c1ccc(Oc2ccc(-c3ccc4nnc(-c5ccncc5)n4c3)cc2)cc1.c1ccc(Oc2ccccc2-c2cnc3nnc(-c4ccncc4)n3c2)cc1. The predicted octanol–water partition coefficient (Wildman–Crippen LogP) is 24.7. The molecular formula is C113H77Br2N25O2. The molecule has 0 radical (unpaired) electrons. The van der Waals surface area contributed by atoms with Gasteiger partial charge < -0.3 is 9.47 Å². The Morgan fingerprint density at radius 1 is 0.218 bits per heavy atom. The number of halogens is 2. The Kier molecular flexibility index (Phi) is 25.5. The molecule has 0 saturated carbocycles. The van der Waals surface area contributed by atoms with Gasteiger partial charge in [0.05, 0.1) is 0 Å². The molecule has 29 heteroatoms. The molecule has 2 aliphatic rings. The van der Waals surface area contributed by atoms with E-state index in [0.29, 0.717) is 23.2 Å². The standard InChI is InChI=1S/C23H16N4O.C22H15N5O.C20H14N4.C19H13N5.C17H11BrN4.C12H8BrN3/c1-2-4-20(5-3-1)28-21-9-6-17(7-10-21)19-8-11-22-25-26-23(27(22)16-19)18-12-14-24-15-13-18;1-2-6-18(7-3-1)28-20-9-5-4-8-19(20)17-14-24-22-26-25-21(27(22)15-17)16-10-12-23-13-11-16;1-2-6-15(7-3-1)19-22-23-20-21-12-16(13-24(19)20)18-11-5-9-14-8-4-10-17(14)18;1-3-13-4-2-6-17(16(13)5-1)15-11-21-19-23-22-18(24(19)12-15)14-7-9-20-10-8-14;18-15-7-8-16-20-21-17(22(16)11-15)13-5-3-12(4-6-13)14-2-1-9-19-10-14;13-10-6-7-11-14-15-12(16(11)8-10)9-4-2-1-3-5-9/h1-16H;1-15H;1-7,9-13H,8H2;1-2,4-12H,3H2;1-11H;1-8H. The minimum absolute atomic E-state index is 0.539. The summed E-state index contributed by atoms with van der Waals surface area (Å²) in [6.45, 7) is 0. The topological polar surface area (TPSA) is 290 Å². The monoisotopic (exact) mass is 1970 g/mol. The average Bonchev–Trinajstić information content (AvgIpc) is 1.63. The second-order valence-corrected chi connectivity index (χ2v) is 34.4. The molecule has 27 nitrogen and oxygen atoms in total. The summed E-state index contributed by atoms with van der Waals surface area (Å²) in [5.74, 6) is 9.68. The highest BCUT2D eigenvalue weighted by atomic mass is 79.9. The fourth-order valence-electron chi connectivity index (χ4n) is 16.6. The molecule has 2 aliphatic carbocycles. The summed E-state index contributed by atoms with van der Waals surface area (Å²) < 4.78 is 25.7. The average molecular weight is 1980 g/mol. The summed E-state index contributed by atoms with van der Waals surface area (Å²) in [5.41, 5.74) is 24.5. The molecule has 16 heterocycles. The Morgan fingerprint density at radius 2 is 0.556 bits per heavy atom. The van der Waals surface area contributed by atoms with Gasteiger partial charge in [-0.1, -0.05) is 218 Å². The first kappa shape index (κ1) is 88.4. The number of benzene rings is 9. The van der Waals surface area contributed by atoms with Gasteiger partial charge >= 0.3 is 0 Å². The summed E-state index contributed by atoms with van der Waals surface area (Å²) in [5, 5.41) is 50.8. The van der Waals surface area contributed by atoms with E-state index in [1.165, 1.54) is 33.4 Å². The van der Waals surface area contributed by atoms with Crippen molar-refractivity contribution in [2.45, 2.75) is 12.8 Å². The molecule has 0 atom stereocenters. The van der Waals surface area contributed by atoms with Crippen LogP contribution in [0.25, 0.3) is 170 Å². The van der Waals surface area contributed by atoms with E-state index in [0.717, 1.165) is 169 Å². The number of hydrogen-bond acceptors (Lipinski definition) is 21. The van der Waals surface area contributed by atoms with Crippen LogP contribution in [0.2, 0.25) is 0 Å². The number of fused-ring (bicyclic) bond motifs is 8. The van der Waals surface area contributed by atoms with Crippen molar-refractivity contribution >= 4 is 78.3 Å². The van der Waals surface area contributed by atoms with Crippen LogP contribution in [0, 0.1) is 0 Å². The molecule has 0 N–H and O–H groups in total. The van der Waals surface area contributed by atoms with Crippen LogP contribution in [-0.2, 0) is 12.8 Å². The van der Waals surface area contributed by atoms with Crippen LogP contribution in [0.15, 0.2) is 442 Å². The molecule has 0 amide bonds. The number of para-hydroxylation sites is 3. The maximum absolute atomic E-state index is 6.10.